The van der Waals surface area contributed by atoms with Crippen molar-refractivity contribution < 1.29 is 4.57 Å². The Morgan fingerprint density at radius 1 is 0.436 bits per heavy atom. The Kier molecular flexibility index (Phi) is 8.17. The molecule has 0 atom stereocenters. The van der Waals surface area contributed by atoms with Gasteiger partial charge in [0.05, 0.1) is 34.3 Å². The summed E-state index contributed by atoms with van der Waals surface area (Å²) in [5.74, 6) is 0.591. The summed E-state index contributed by atoms with van der Waals surface area (Å²) >= 11 is 1.20. The zero-order valence-electron chi connectivity index (χ0n) is 29.3. The molecule has 0 amide bonds. The molecule has 0 radical (unpaired) electrons. The molecule has 0 spiro atoms. The van der Waals surface area contributed by atoms with Gasteiger partial charge in [0.1, 0.15) is 11.0 Å². The zero-order valence-corrected chi connectivity index (χ0v) is 31.0. The summed E-state index contributed by atoms with van der Waals surface area (Å²) in [4.78, 5) is 15.5. The summed E-state index contributed by atoms with van der Waals surface area (Å²) in [7, 11) is -3.15. The van der Waals surface area contributed by atoms with Gasteiger partial charge in [-0.05, 0) is 18.2 Å². The van der Waals surface area contributed by atoms with Gasteiger partial charge in [-0.25, -0.2) is 15.0 Å². The molecule has 0 saturated carbocycles. The second kappa shape index (κ2) is 13.6. The van der Waals surface area contributed by atoms with Crippen LogP contribution in [0.2, 0.25) is 0 Å². The van der Waals surface area contributed by atoms with Crippen molar-refractivity contribution in [2.45, 2.75) is 0 Å². The van der Waals surface area contributed by atoms with Crippen LogP contribution in [0, 0.1) is 0 Å². The van der Waals surface area contributed by atoms with Crippen molar-refractivity contribution in [1.29, 1.82) is 0 Å². The van der Waals surface area contributed by atoms with Crippen molar-refractivity contribution in [2.75, 3.05) is 0 Å². The first kappa shape index (κ1) is 32.9. The predicted molar refractivity (Wildman–Crippen MR) is 227 cm³/mol. The fourth-order valence-corrected chi connectivity index (χ4v) is 10.6. The molecule has 6 nitrogen and oxygen atoms in total. The minimum Gasteiger partial charge on any atom is -0.309 e. The molecule has 3 heterocycles. The lowest BCUT2D eigenvalue weighted by Gasteiger charge is -2.20. The van der Waals surface area contributed by atoms with Crippen molar-refractivity contribution in [2.24, 2.45) is 0 Å². The molecule has 0 saturated heterocycles. The molecule has 0 aliphatic carbocycles. The SMILES string of the molecule is O=P(c1ccccc1)(c1ccccc1)c1ccc(-c2cc(-c3cc4c(-c5ccccc5)nc5ccccc5c4c4nsnc34)nc(-c3ccccc3)n2)cc1. The van der Waals surface area contributed by atoms with Crippen LogP contribution in [0.3, 0.4) is 0 Å². The van der Waals surface area contributed by atoms with E-state index in [-0.39, 0.29) is 0 Å². The van der Waals surface area contributed by atoms with E-state index < -0.39 is 7.14 Å². The molecular weight excluding hydrogens is 714 g/mol. The molecule has 0 N–H and O–H groups in total. The van der Waals surface area contributed by atoms with E-state index in [4.69, 9.17) is 23.7 Å². The summed E-state index contributed by atoms with van der Waals surface area (Å²) in [5, 5.41) is 5.36. The number of benzene rings is 7. The molecule has 10 rings (SSSR count). The normalized spacial score (nSPS) is 11.7. The molecule has 0 bridgehead atoms. The van der Waals surface area contributed by atoms with Crippen LogP contribution < -0.4 is 15.9 Å². The molecule has 10 aromatic rings. The fraction of sp³-hybridized carbons (Fsp3) is 0. The van der Waals surface area contributed by atoms with E-state index in [0.29, 0.717) is 5.82 Å². The molecule has 0 aliphatic rings. The third kappa shape index (κ3) is 5.73. The van der Waals surface area contributed by atoms with Crippen LogP contribution in [0.1, 0.15) is 0 Å². The third-order valence-electron chi connectivity index (χ3n) is 10.0. The van der Waals surface area contributed by atoms with E-state index in [1.54, 1.807) is 0 Å². The highest BCUT2D eigenvalue weighted by Crippen LogP contribution is 2.44. The second-order valence-corrected chi connectivity index (χ2v) is 16.6. The van der Waals surface area contributed by atoms with Crippen LogP contribution in [-0.4, -0.2) is 23.7 Å². The van der Waals surface area contributed by atoms with Gasteiger partial charge >= 0.3 is 0 Å². The third-order valence-corrected chi connectivity index (χ3v) is 13.7. The number of aromatic nitrogens is 5. The molecule has 55 heavy (non-hydrogen) atoms. The van der Waals surface area contributed by atoms with Gasteiger partial charge in [0, 0.05) is 54.3 Å². The number of hydrogen-bond donors (Lipinski definition) is 0. The largest absolute Gasteiger partial charge is 0.309 e. The van der Waals surface area contributed by atoms with Gasteiger partial charge in [-0.3, -0.25) is 0 Å². The van der Waals surface area contributed by atoms with E-state index in [0.717, 1.165) is 88.0 Å². The number of hydrogen-bond acceptors (Lipinski definition) is 7. The van der Waals surface area contributed by atoms with Gasteiger partial charge in [0.15, 0.2) is 13.0 Å². The van der Waals surface area contributed by atoms with Crippen molar-refractivity contribution in [3.63, 3.8) is 0 Å². The molecule has 0 aliphatic heterocycles. The van der Waals surface area contributed by atoms with Crippen LogP contribution in [0.25, 0.3) is 77.9 Å². The fourth-order valence-electron chi connectivity index (χ4n) is 7.39. The number of pyridine rings is 1. The van der Waals surface area contributed by atoms with E-state index in [1.165, 1.54) is 11.7 Å². The molecule has 260 valence electrons. The minimum atomic E-state index is -3.15. The highest BCUT2D eigenvalue weighted by molar-refractivity contribution is 7.85. The van der Waals surface area contributed by atoms with Gasteiger partial charge in [-0.2, -0.15) is 8.75 Å². The van der Waals surface area contributed by atoms with E-state index in [2.05, 4.69) is 24.3 Å². The molecular formula is C47H30N5OPS. The minimum absolute atomic E-state index is 0.591. The Morgan fingerprint density at radius 2 is 0.982 bits per heavy atom. The summed E-state index contributed by atoms with van der Waals surface area (Å²) in [5.41, 5.74) is 8.47. The Hall–Kier alpha value is -6.66. The van der Waals surface area contributed by atoms with E-state index >= 15 is 4.57 Å². The first-order chi connectivity index (χ1) is 27.1. The topological polar surface area (TPSA) is 81.5 Å². The second-order valence-electron chi connectivity index (χ2n) is 13.3. The van der Waals surface area contributed by atoms with Crippen molar-refractivity contribution >= 4 is 67.5 Å². The first-order valence-corrected chi connectivity index (χ1v) is 20.4. The van der Waals surface area contributed by atoms with E-state index in [1.807, 2.05) is 158 Å². The molecule has 0 fully saturated rings. The molecule has 7 aromatic carbocycles. The predicted octanol–water partition coefficient (Wildman–Crippen LogP) is 10.5. The van der Waals surface area contributed by atoms with Gasteiger partial charge in [0.2, 0.25) is 0 Å². The average molecular weight is 744 g/mol. The monoisotopic (exact) mass is 743 g/mol. The zero-order chi connectivity index (χ0) is 36.8. The van der Waals surface area contributed by atoms with Crippen LogP contribution in [0.15, 0.2) is 182 Å². The Labute approximate surface area is 321 Å². The van der Waals surface area contributed by atoms with Crippen LogP contribution in [-0.2, 0) is 4.57 Å². The lowest BCUT2D eigenvalue weighted by Crippen LogP contribution is -2.24. The summed E-state index contributed by atoms with van der Waals surface area (Å²) in [6.07, 6.45) is 0. The van der Waals surface area contributed by atoms with Crippen LogP contribution in [0.4, 0.5) is 0 Å². The summed E-state index contributed by atoms with van der Waals surface area (Å²) < 4.78 is 24.9. The first-order valence-electron chi connectivity index (χ1n) is 18.0. The van der Waals surface area contributed by atoms with Gasteiger partial charge in [0.25, 0.3) is 0 Å². The Morgan fingerprint density at radius 3 is 1.65 bits per heavy atom. The van der Waals surface area contributed by atoms with Crippen molar-refractivity contribution in [3.05, 3.63) is 182 Å². The smallest absolute Gasteiger partial charge is 0.171 e. The summed E-state index contributed by atoms with van der Waals surface area (Å²) in [6.45, 7) is 0. The molecule has 0 unspecified atom stereocenters. The van der Waals surface area contributed by atoms with E-state index in [9.17, 15) is 0 Å². The number of para-hydroxylation sites is 1. The maximum atomic E-state index is 15.1. The van der Waals surface area contributed by atoms with Gasteiger partial charge in [-0.1, -0.05) is 164 Å². The maximum absolute atomic E-state index is 15.1. The maximum Gasteiger partial charge on any atom is 0.171 e. The lowest BCUT2D eigenvalue weighted by atomic mass is 9.95. The Balaban J connectivity index is 1.19. The highest BCUT2D eigenvalue weighted by atomic mass is 32.1. The van der Waals surface area contributed by atoms with Crippen LogP contribution >= 0.6 is 18.9 Å². The Bertz CT molecular complexity index is 3010. The van der Waals surface area contributed by atoms with Crippen molar-refractivity contribution in [1.82, 2.24) is 23.7 Å². The number of nitrogens with zero attached hydrogens (tertiary/aromatic N) is 5. The summed E-state index contributed by atoms with van der Waals surface area (Å²) in [6, 6.07) is 60.1. The lowest BCUT2D eigenvalue weighted by molar-refractivity contribution is 0.592. The van der Waals surface area contributed by atoms with Gasteiger partial charge in [-0.15, -0.1) is 0 Å². The quantitative estimate of drug-likeness (QED) is 0.119. The average Bonchev–Trinajstić information content (AvgIpc) is 3.77. The van der Waals surface area contributed by atoms with Crippen LogP contribution in [0.5, 0.6) is 0 Å². The number of rotatable bonds is 7. The standard InChI is InChI=1S/C47H30N5OPS/c53-54(34-19-9-3-10-20-34,35-21-11-4-12-22-35)36-27-25-31(26-28-36)41-30-42(50-47(49-41)33-17-7-2-8-18-33)38-29-39-43(46-45(38)51-55-52-46)37-23-13-14-24-40(37)48-44(39)32-15-5-1-6-16-32/h1-30H. The number of fused-ring (bicyclic) bond motifs is 5. The highest BCUT2D eigenvalue weighted by Gasteiger charge is 2.29. The molecule has 3 aromatic heterocycles. The van der Waals surface area contributed by atoms with Gasteiger partial charge < -0.3 is 4.57 Å². The molecule has 8 heteroatoms. The van der Waals surface area contributed by atoms with Crippen molar-refractivity contribution in [3.8, 4) is 45.2 Å².